The van der Waals surface area contributed by atoms with Crippen molar-refractivity contribution in [3.8, 4) is 22.8 Å². The van der Waals surface area contributed by atoms with Crippen LogP contribution < -0.4 is 0 Å². The van der Waals surface area contributed by atoms with Crippen LogP contribution in [0.3, 0.4) is 0 Å². The predicted octanol–water partition coefficient (Wildman–Crippen LogP) is 5.90. The standard InChI is InChI=1S/C14H10BrN3.C7H8/c15-12-8-4-7-11(9-12)14-16-13(17-18-14)10-5-2-1-3-6-10;1-7-5-3-2-4-6-7/h1-9H,(H,16,17,18);2-6H,1H3. The highest BCUT2D eigenvalue weighted by Gasteiger charge is 2.07. The summed E-state index contributed by atoms with van der Waals surface area (Å²) in [5.41, 5.74) is 3.34. The zero-order valence-electron chi connectivity index (χ0n) is 13.9. The Morgan fingerprint density at radius 2 is 1.40 bits per heavy atom. The zero-order valence-corrected chi connectivity index (χ0v) is 15.4. The average molecular weight is 392 g/mol. The maximum absolute atomic E-state index is 4.50. The Balaban J connectivity index is 0.000000219. The van der Waals surface area contributed by atoms with Crippen molar-refractivity contribution in [2.75, 3.05) is 0 Å². The van der Waals surface area contributed by atoms with E-state index >= 15 is 0 Å². The summed E-state index contributed by atoms with van der Waals surface area (Å²) >= 11 is 3.45. The minimum atomic E-state index is 0.704. The molecule has 25 heavy (non-hydrogen) atoms. The zero-order chi connectivity index (χ0) is 17.5. The number of hydrogen-bond donors (Lipinski definition) is 1. The van der Waals surface area contributed by atoms with E-state index in [0.29, 0.717) is 5.82 Å². The highest BCUT2D eigenvalue weighted by atomic mass is 79.9. The molecule has 0 aliphatic carbocycles. The third-order valence-electron chi connectivity index (χ3n) is 3.56. The summed E-state index contributed by atoms with van der Waals surface area (Å²) in [4.78, 5) is 4.50. The molecule has 1 aromatic heterocycles. The van der Waals surface area contributed by atoms with Gasteiger partial charge in [0, 0.05) is 15.6 Å². The number of rotatable bonds is 2. The van der Waals surface area contributed by atoms with E-state index in [1.54, 1.807) is 0 Å². The van der Waals surface area contributed by atoms with Crippen LogP contribution in [-0.4, -0.2) is 15.2 Å². The molecule has 0 bridgehead atoms. The minimum Gasteiger partial charge on any atom is -0.259 e. The Kier molecular flexibility index (Phi) is 5.75. The van der Waals surface area contributed by atoms with E-state index in [2.05, 4.69) is 50.2 Å². The fourth-order valence-corrected chi connectivity index (χ4v) is 2.68. The first-order valence-corrected chi connectivity index (χ1v) is 8.77. The van der Waals surface area contributed by atoms with Crippen LogP contribution in [0.25, 0.3) is 22.8 Å². The molecule has 0 atom stereocenters. The molecule has 0 unspecified atom stereocenters. The summed E-state index contributed by atoms with van der Waals surface area (Å²) in [6.07, 6.45) is 0. The Labute approximate surface area is 155 Å². The number of aromatic amines is 1. The Hall–Kier alpha value is -2.72. The van der Waals surface area contributed by atoms with Gasteiger partial charge in [-0.25, -0.2) is 4.98 Å². The van der Waals surface area contributed by atoms with Gasteiger partial charge in [-0.15, -0.1) is 0 Å². The molecule has 3 aromatic carbocycles. The monoisotopic (exact) mass is 391 g/mol. The number of H-pyrrole nitrogens is 1. The molecule has 1 N–H and O–H groups in total. The van der Waals surface area contributed by atoms with Gasteiger partial charge in [0.15, 0.2) is 11.6 Å². The SMILES string of the molecule is Brc1cccc(-c2n[nH]c(-c3ccccc3)n2)c1.Cc1ccccc1. The van der Waals surface area contributed by atoms with E-state index in [-0.39, 0.29) is 0 Å². The second-order valence-corrected chi connectivity index (χ2v) is 6.45. The van der Waals surface area contributed by atoms with Gasteiger partial charge in [0.25, 0.3) is 0 Å². The fourth-order valence-electron chi connectivity index (χ4n) is 2.28. The van der Waals surface area contributed by atoms with Gasteiger partial charge in [-0.3, -0.25) is 5.10 Å². The highest BCUT2D eigenvalue weighted by molar-refractivity contribution is 9.10. The molecule has 0 aliphatic heterocycles. The summed E-state index contributed by atoms with van der Waals surface area (Å²) in [6.45, 7) is 2.08. The maximum atomic E-state index is 4.50. The van der Waals surface area contributed by atoms with Crippen LogP contribution in [0.15, 0.2) is 89.4 Å². The third kappa shape index (κ3) is 4.88. The van der Waals surface area contributed by atoms with E-state index < -0.39 is 0 Å². The third-order valence-corrected chi connectivity index (χ3v) is 4.05. The Bertz CT molecular complexity index is 918. The van der Waals surface area contributed by atoms with Crippen molar-refractivity contribution in [3.05, 3.63) is 95.0 Å². The smallest absolute Gasteiger partial charge is 0.181 e. The van der Waals surface area contributed by atoms with Gasteiger partial charge in [-0.05, 0) is 19.1 Å². The van der Waals surface area contributed by atoms with Gasteiger partial charge in [0.1, 0.15) is 0 Å². The molecule has 0 aliphatic rings. The molecule has 124 valence electrons. The van der Waals surface area contributed by atoms with E-state index in [1.165, 1.54) is 5.56 Å². The van der Waals surface area contributed by atoms with Crippen LogP contribution in [0.5, 0.6) is 0 Å². The molecule has 0 amide bonds. The Morgan fingerprint density at radius 1 is 0.760 bits per heavy atom. The van der Waals surface area contributed by atoms with E-state index in [1.807, 2.05) is 72.8 Å². The lowest BCUT2D eigenvalue weighted by Crippen LogP contribution is -1.81. The lowest BCUT2D eigenvalue weighted by molar-refractivity contribution is 1.10. The van der Waals surface area contributed by atoms with Crippen LogP contribution in [0.4, 0.5) is 0 Å². The van der Waals surface area contributed by atoms with Crippen molar-refractivity contribution in [2.24, 2.45) is 0 Å². The number of benzene rings is 3. The van der Waals surface area contributed by atoms with Gasteiger partial charge in [-0.1, -0.05) is 94.3 Å². The topological polar surface area (TPSA) is 41.6 Å². The molecular formula is C21H18BrN3. The van der Waals surface area contributed by atoms with Crippen molar-refractivity contribution in [1.29, 1.82) is 0 Å². The summed E-state index contributed by atoms with van der Waals surface area (Å²) in [5, 5.41) is 7.21. The van der Waals surface area contributed by atoms with Crippen LogP contribution in [0.2, 0.25) is 0 Å². The molecule has 4 aromatic rings. The first-order valence-electron chi connectivity index (χ1n) is 7.98. The van der Waals surface area contributed by atoms with Crippen LogP contribution in [0.1, 0.15) is 5.56 Å². The number of hydrogen-bond acceptors (Lipinski definition) is 2. The van der Waals surface area contributed by atoms with Crippen molar-refractivity contribution in [3.63, 3.8) is 0 Å². The molecule has 1 heterocycles. The first-order chi connectivity index (χ1) is 12.2. The van der Waals surface area contributed by atoms with Crippen LogP contribution >= 0.6 is 15.9 Å². The number of aromatic nitrogens is 3. The molecule has 0 saturated carbocycles. The molecular weight excluding hydrogens is 374 g/mol. The number of nitrogens with zero attached hydrogens (tertiary/aromatic N) is 2. The fraction of sp³-hybridized carbons (Fsp3) is 0.0476. The van der Waals surface area contributed by atoms with Crippen LogP contribution in [0, 0.1) is 6.92 Å². The first kappa shape index (κ1) is 17.1. The highest BCUT2D eigenvalue weighted by Crippen LogP contribution is 2.22. The Morgan fingerprint density at radius 3 is 2.00 bits per heavy atom. The molecule has 0 radical (unpaired) electrons. The number of aryl methyl sites for hydroxylation is 1. The normalized spacial score (nSPS) is 10.0. The van der Waals surface area contributed by atoms with Gasteiger partial charge in [0.05, 0.1) is 0 Å². The van der Waals surface area contributed by atoms with Gasteiger partial charge in [0.2, 0.25) is 0 Å². The van der Waals surface area contributed by atoms with E-state index in [9.17, 15) is 0 Å². The van der Waals surface area contributed by atoms with E-state index in [0.717, 1.165) is 21.4 Å². The van der Waals surface area contributed by atoms with Gasteiger partial charge >= 0.3 is 0 Å². The molecule has 4 rings (SSSR count). The predicted molar refractivity (Wildman–Crippen MR) is 106 cm³/mol. The van der Waals surface area contributed by atoms with Crippen molar-refractivity contribution < 1.29 is 0 Å². The van der Waals surface area contributed by atoms with Crippen molar-refractivity contribution in [2.45, 2.75) is 6.92 Å². The maximum Gasteiger partial charge on any atom is 0.181 e. The lowest BCUT2D eigenvalue weighted by atomic mass is 10.2. The summed E-state index contributed by atoms with van der Waals surface area (Å²) in [6, 6.07) is 28.2. The summed E-state index contributed by atoms with van der Waals surface area (Å²) < 4.78 is 1.02. The minimum absolute atomic E-state index is 0.704. The summed E-state index contributed by atoms with van der Waals surface area (Å²) in [5.74, 6) is 1.49. The van der Waals surface area contributed by atoms with Crippen molar-refractivity contribution >= 4 is 15.9 Å². The summed E-state index contributed by atoms with van der Waals surface area (Å²) in [7, 11) is 0. The molecule has 0 saturated heterocycles. The second-order valence-electron chi connectivity index (χ2n) is 5.54. The lowest BCUT2D eigenvalue weighted by Gasteiger charge is -1.95. The van der Waals surface area contributed by atoms with Gasteiger partial charge < -0.3 is 0 Å². The molecule has 4 heteroatoms. The number of halogens is 1. The van der Waals surface area contributed by atoms with Gasteiger partial charge in [-0.2, -0.15) is 5.10 Å². The quantitative estimate of drug-likeness (QED) is 0.462. The number of nitrogens with one attached hydrogen (secondary N) is 1. The molecule has 3 nitrogen and oxygen atoms in total. The van der Waals surface area contributed by atoms with Crippen molar-refractivity contribution in [1.82, 2.24) is 15.2 Å². The molecule has 0 spiro atoms. The second kappa shape index (κ2) is 8.40. The van der Waals surface area contributed by atoms with E-state index in [4.69, 9.17) is 0 Å². The largest absolute Gasteiger partial charge is 0.259 e. The van der Waals surface area contributed by atoms with Crippen LogP contribution in [-0.2, 0) is 0 Å². The molecule has 0 fully saturated rings. The average Bonchev–Trinajstić information content (AvgIpc) is 3.14.